The minimum atomic E-state index is -0.366. The molecule has 25 heavy (non-hydrogen) atoms. The molecule has 0 bridgehead atoms. The van der Waals surface area contributed by atoms with Crippen molar-refractivity contribution in [3.05, 3.63) is 72.2 Å². The zero-order chi connectivity index (χ0) is 17.1. The fourth-order valence-corrected chi connectivity index (χ4v) is 2.72. The highest BCUT2D eigenvalue weighted by Gasteiger charge is 2.17. The molecule has 0 unspecified atom stereocenters. The van der Waals surface area contributed by atoms with Crippen LogP contribution in [0.25, 0.3) is 22.3 Å². The van der Waals surface area contributed by atoms with Gasteiger partial charge in [-0.25, -0.2) is 0 Å². The van der Waals surface area contributed by atoms with Crippen LogP contribution in [0.2, 0.25) is 0 Å². The van der Waals surface area contributed by atoms with Crippen LogP contribution in [0.4, 0.5) is 0 Å². The Morgan fingerprint density at radius 3 is 2.76 bits per heavy atom. The summed E-state index contributed by atoms with van der Waals surface area (Å²) in [7, 11) is 0. The van der Waals surface area contributed by atoms with E-state index in [0.717, 1.165) is 28.5 Å². The van der Waals surface area contributed by atoms with Crippen molar-refractivity contribution in [3.63, 3.8) is 0 Å². The Morgan fingerprint density at radius 1 is 1.08 bits per heavy atom. The van der Waals surface area contributed by atoms with Crippen LogP contribution in [0.15, 0.2) is 65.3 Å². The molecule has 2 N–H and O–H groups in total. The van der Waals surface area contributed by atoms with Crippen molar-refractivity contribution in [2.45, 2.75) is 6.42 Å². The molecule has 0 radical (unpaired) electrons. The molecule has 4 rings (SSSR count). The summed E-state index contributed by atoms with van der Waals surface area (Å²) in [6, 6.07) is 17.8. The van der Waals surface area contributed by atoms with E-state index in [9.17, 15) is 4.79 Å². The Bertz CT molecular complexity index is 1000. The maximum absolute atomic E-state index is 12.2. The molecule has 2 aromatic carbocycles. The van der Waals surface area contributed by atoms with E-state index in [2.05, 4.69) is 20.4 Å². The molecule has 0 aliphatic rings. The molecular weight excluding hydrogens is 316 g/mol. The monoisotopic (exact) mass is 332 g/mol. The van der Waals surface area contributed by atoms with E-state index in [0.29, 0.717) is 12.4 Å². The summed E-state index contributed by atoms with van der Waals surface area (Å²) in [5.41, 5.74) is 2.95. The Hall–Kier alpha value is -3.41. The molecule has 0 aliphatic heterocycles. The molecule has 0 saturated carbocycles. The van der Waals surface area contributed by atoms with Crippen molar-refractivity contribution in [1.29, 1.82) is 0 Å². The zero-order valence-electron chi connectivity index (χ0n) is 13.4. The van der Waals surface area contributed by atoms with E-state index in [-0.39, 0.29) is 11.8 Å². The second kappa shape index (κ2) is 6.60. The highest BCUT2D eigenvalue weighted by Crippen LogP contribution is 2.26. The minimum Gasteiger partial charge on any atom is -0.360 e. The van der Waals surface area contributed by atoms with Crippen molar-refractivity contribution in [2.24, 2.45) is 0 Å². The molecule has 2 heterocycles. The van der Waals surface area contributed by atoms with Gasteiger partial charge in [0.1, 0.15) is 0 Å². The number of fused-ring (bicyclic) bond motifs is 1. The lowest BCUT2D eigenvalue weighted by molar-refractivity contribution is 0.0910. The lowest BCUT2D eigenvalue weighted by Crippen LogP contribution is -2.25. The molecule has 1 amide bonds. The Kier molecular flexibility index (Phi) is 4.00. The second-order valence-corrected chi connectivity index (χ2v) is 5.66. The van der Waals surface area contributed by atoms with Crippen molar-refractivity contribution in [1.82, 2.24) is 20.4 Å². The van der Waals surface area contributed by atoms with Gasteiger partial charge < -0.3 is 14.8 Å². The van der Waals surface area contributed by atoms with Gasteiger partial charge >= 0.3 is 11.8 Å². The third kappa shape index (κ3) is 3.14. The van der Waals surface area contributed by atoms with E-state index >= 15 is 0 Å². The molecule has 0 fully saturated rings. The van der Waals surface area contributed by atoms with E-state index in [1.165, 1.54) is 0 Å². The van der Waals surface area contributed by atoms with Crippen LogP contribution in [0.5, 0.6) is 0 Å². The van der Waals surface area contributed by atoms with E-state index in [1.54, 1.807) is 0 Å². The van der Waals surface area contributed by atoms with Gasteiger partial charge in [-0.05, 0) is 18.1 Å². The van der Waals surface area contributed by atoms with Gasteiger partial charge in [-0.2, -0.15) is 4.98 Å². The van der Waals surface area contributed by atoms with Crippen LogP contribution in [0.1, 0.15) is 16.2 Å². The Labute approximate surface area is 143 Å². The number of carbonyl (C=O) groups is 1. The number of H-pyrrole nitrogens is 1. The predicted octanol–water partition coefficient (Wildman–Crippen LogP) is 3.19. The van der Waals surface area contributed by atoms with Crippen molar-refractivity contribution >= 4 is 16.8 Å². The summed E-state index contributed by atoms with van der Waals surface area (Å²) in [5.74, 6) is -0.00600. The first-order valence-electron chi connectivity index (χ1n) is 8.03. The number of nitrogens with one attached hydrogen (secondary N) is 2. The van der Waals surface area contributed by atoms with Crippen LogP contribution in [-0.4, -0.2) is 27.6 Å². The maximum Gasteiger partial charge on any atom is 0.316 e. The molecule has 0 aliphatic carbocycles. The maximum atomic E-state index is 12.2. The Morgan fingerprint density at radius 2 is 1.88 bits per heavy atom. The van der Waals surface area contributed by atoms with Gasteiger partial charge in [0.05, 0.1) is 0 Å². The molecular formula is C19H16N4O2. The molecule has 6 nitrogen and oxygen atoms in total. The Balaban J connectivity index is 1.45. The summed E-state index contributed by atoms with van der Waals surface area (Å²) >= 11 is 0. The lowest BCUT2D eigenvalue weighted by atomic mass is 10.1. The van der Waals surface area contributed by atoms with Gasteiger partial charge in [0, 0.05) is 29.2 Å². The first-order chi connectivity index (χ1) is 12.3. The van der Waals surface area contributed by atoms with E-state index in [1.807, 2.05) is 60.8 Å². The molecule has 124 valence electrons. The summed E-state index contributed by atoms with van der Waals surface area (Å²) in [5, 5.41) is 7.71. The van der Waals surface area contributed by atoms with Crippen molar-refractivity contribution in [2.75, 3.05) is 6.54 Å². The smallest absolute Gasteiger partial charge is 0.316 e. The highest BCUT2D eigenvalue weighted by atomic mass is 16.5. The minimum absolute atomic E-state index is 0.0339. The van der Waals surface area contributed by atoms with Crippen molar-refractivity contribution in [3.8, 4) is 11.4 Å². The quantitative estimate of drug-likeness (QED) is 0.588. The van der Waals surface area contributed by atoms with Crippen LogP contribution in [0.3, 0.4) is 0 Å². The number of hydrogen-bond acceptors (Lipinski definition) is 4. The molecule has 2 aromatic heterocycles. The fourth-order valence-electron chi connectivity index (χ4n) is 2.72. The topological polar surface area (TPSA) is 83.8 Å². The summed E-state index contributed by atoms with van der Waals surface area (Å²) < 4.78 is 5.11. The summed E-state index contributed by atoms with van der Waals surface area (Å²) in [6.45, 7) is 0.508. The number of aromatic nitrogens is 3. The standard InChI is InChI=1S/C19H16N4O2/c24-18(20-11-10-13-6-2-1-3-7-13)19-22-17(23-25-19)15-12-21-16-9-5-4-8-14(15)16/h1-9,12,21H,10-11H2,(H,20,24). The van der Waals surface area contributed by atoms with Crippen molar-refractivity contribution < 1.29 is 9.32 Å². The highest BCUT2D eigenvalue weighted by molar-refractivity contribution is 5.94. The van der Waals surface area contributed by atoms with Crippen LogP contribution in [0, 0.1) is 0 Å². The van der Waals surface area contributed by atoms with Gasteiger partial charge in [0.2, 0.25) is 5.82 Å². The summed E-state index contributed by atoms with van der Waals surface area (Å²) in [6.07, 6.45) is 2.56. The number of aromatic amines is 1. The summed E-state index contributed by atoms with van der Waals surface area (Å²) in [4.78, 5) is 19.5. The zero-order valence-corrected chi connectivity index (χ0v) is 13.4. The van der Waals surface area contributed by atoms with E-state index in [4.69, 9.17) is 4.52 Å². The first-order valence-corrected chi connectivity index (χ1v) is 8.03. The average molecular weight is 332 g/mol. The fraction of sp³-hybridized carbons (Fsp3) is 0.105. The molecule has 0 spiro atoms. The van der Waals surface area contributed by atoms with Crippen LogP contribution < -0.4 is 5.32 Å². The number of para-hydroxylation sites is 1. The number of amides is 1. The lowest BCUT2D eigenvalue weighted by Gasteiger charge is -2.02. The number of carbonyl (C=O) groups excluding carboxylic acids is 1. The molecule has 6 heteroatoms. The van der Waals surface area contributed by atoms with Gasteiger partial charge in [-0.15, -0.1) is 0 Å². The largest absolute Gasteiger partial charge is 0.360 e. The van der Waals surface area contributed by atoms with Crippen LogP contribution in [-0.2, 0) is 6.42 Å². The van der Waals surface area contributed by atoms with Gasteiger partial charge in [0.15, 0.2) is 0 Å². The van der Waals surface area contributed by atoms with E-state index < -0.39 is 0 Å². The molecule has 0 saturated heterocycles. The SMILES string of the molecule is O=C(NCCc1ccccc1)c1nc(-c2c[nH]c3ccccc23)no1. The first kappa shape index (κ1) is 15.1. The normalized spacial score (nSPS) is 10.9. The molecule has 0 atom stereocenters. The number of rotatable bonds is 5. The van der Waals surface area contributed by atoms with Gasteiger partial charge in [-0.1, -0.05) is 53.7 Å². The second-order valence-electron chi connectivity index (χ2n) is 5.66. The third-order valence-electron chi connectivity index (χ3n) is 3.99. The number of hydrogen-bond donors (Lipinski definition) is 2. The third-order valence-corrected chi connectivity index (χ3v) is 3.99. The average Bonchev–Trinajstić information content (AvgIpc) is 3.29. The molecule has 4 aromatic rings. The van der Waals surface area contributed by atoms with Gasteiger partial charge in [0.25, 0.3) is 0 Å². The number of nitrogens with zero attached hydrogens (tertiary/aromatic N) is 2. The van der Waals surface area contributed by atoms with Gasteiger partial charge in [-0.3, -0.25) is 4.79 Å². The van der Waals surface area contributed by atoms with Crippen LogP contribution >= 0.6 is 0 Å². The predicted molar refractivity (Wildman–Crippen MR) is 94.1 cm³/mol. The number of benzene rings is 2.